The zero-order chi connectivity index (χ0) is 21.8. The van der Waals surface area contributed by atoms with Crippen molar-refractivity contribution in [1.82, 2.24) is 9.55 Å². The number of carbonyl (C=O) groups excluding carboxylic acids is 1. The number of nitrogens with zero attached hydrogens (tertiary/aromatic N) is 2. The summed E-state index contributed by atoms with van der Waals surface area (Å²) in [6.45, 7) is 4.65. The van der Waals surface area contributed by atoms with E-state index in [1.54, 1.807) is 16.3 Å². The van der Waals surface area contributed by atoms with Gasteiger partial charge in [0.1, 0.15) is 0 Å². The summed E-state index contributed by atoms with van der Waals surface area (Å²) in [5.41, 5.74) is 3.87. The van der Waals surface area contributed by atoms with Crippen molar-refractivity contribution in [1.29, 1.82) is 0 Å². The second-order valence-corrected chi connectivity index (χ2v) is 9.96. The molecule has 31 heavy (non-hydrogen) atoms. The van der Waals surface area contributed by atoms with Crippen LogP contribution in [0.5, 0.6) is 0 Å². The van der Waals surface area contributed by atoms with Crippen LogP contribution >= 0.6 is 23.5 Å². The Labute approximate surface area is 190 Å². The Hall–Kier alpha value is -2.51. The van der Waals surface area contributed by atoms with E-state index in [2.05, 4.69) is 19.2 Å². The van der Waals surface area contributed by atoms with Crippen LogP contribution in [0.3, 0.4) is 0 Å². The highest BCUT2D eigenvalue weighted by molar-refractivity contribution is 8.00. The van der Waals surface area contributed by atoms with Gasteiger partial charge in [-0.2, -0.15) is 0 Å². The van der Waals surface area contributed by atoms with Gasteiger partial charge in [0, 0.05) is 17.4 Å². The summed E-state index contributed by atoms with van der Waals surface area (Å²) in [6.07, 6.45) is 1.74. The number of anilines is 1. The van der Waals surface area contributed by atoms with Gasteiger partial charge < -0.3 is 5.32 Å². The first-order valence-electron chi connectivity index (χ1n) is 10.4. The van der Waals surface area contributed by atoms with E-state index in [9.17, 15) is 9.59 Å². The first-order chi connectivity index (χ1) is 15.0. The summed E-state index contributed by atoms with van der Waals surface area (Å²) < 4.78 is 1.70. The van der Waals surface area contributed by atoms with Crippen molar-refractivity contribution in [2.45, 2.75) is 48.5 Å². The molecular formula is C24H25N3O2S2. The Morgan fingerprint density at radius 3 is 2.61 bits per heavy atom. The molecule has 0 bridgehead atoms. The summed E-state index contributed by atoms with van der Waals surface area (Å²) >= 11 is 2.91. The summed E-state index contributed by atoms with van der Waals surface area (Å²) in [5, 5.41) is 3.87. The maximum absolute atomic E-state index is 13.2. The van der Waals surface area contributed by atoms with E-state index >= 15 is 0 Å². The topological polar surface area (TPSA) is 64.0 Å². The van der Waals surface area contributed by atoms with Crippen LogP contribution in [0.2, 0.25) is 0 Å². The van der Waals surface area contributed by atoms with Crippen LogP contribution in [-0.2, 0) is 24.2 Å². The van der Waals surface area contributed by atoms with Crippen molar-refractivity contribution < 1.29 is 4.79 Å². The fourth-order valence-electron chi connectivity index (χ4n) is 3.50. The van der Waals surface area contributed by atoms with Crippen LogP contribution in [0.1, 0.15) is 30.7 Å². The van der Waals surface area contributed by atoms with Crippen LogP contribution in [0.15, 0.2) is 69.4 Å². The molecule has 7 heteroatoms. The average molecular weight is 452 g/mol. The Morgan fingerprint density at radius 2 is 1.90 bits per heavy atom. The van der Waals surface area contributed by atoms with Crippen LogP contribution < -0.4 is 10.9 Å². The minimum Gasteiger partial charge on any atom is -0.325 e. The van der Waals surface area contributed by atoms with E-state index in [0.717, 1.165) is 34.7 Å². The monoisotopic (exact) mass is 451 g/mol. The number of hydrogen-bond acceptors (Lipinski definition) is 5. The standard InChI is InChI=1S/C24H25N3O2S2/c1-3-17-9-11-19(12-10-17)25-21(28)15-30-24-26-20-13-16(2)31-22(20)23(29)27(24)14-18-7-5-4-6-8-18/h4-12,16H,3,13-15H2,1-2H3,(H,25,28)/t16-/m0/s1. The zero-order valence-corrected chi connectivity index (χ0v) is 19.3. The number of aryl methyl sites for hydroxylation is 1. The van der Waals surface area contributed by atoms with Gasteiger partial charge in [0.2, 0.25) is 5.91 Å². The van der Waals surface area contributed by atoms with Crippen molar-refractivity contribution in [3.05, 3.63) is 81.8 Å². The summed E-state index contributed by atoms with van der Waals surface area (Å²) in [6, 6.07) is 17.7. The summed E-state index contributed by atoms with van der Waals surface area (Å²) in [5.74, 6) is 0.0797. The molecule has 1 aromatic heterocycles. The molecule has 3 aromatic rings. The zero-order valence-electron chi connectivity index (χ0n) is 17.6. The molecule has 1 aliphatic rings. The van der Waals surface area contributed by atoms with Crippen molar-refractivity contribution in [2.24, 2.45) is 0 Å². The molecule has 0 aliphatic carbocycles. The van der Waals surface area contributed by atoms with Gasteiger partial charge in [-0.25, -0.2) is 4.98 Å². The lowest BCUT2D eigenvalue weighted by Crippen LogP contribution is -2.26. The number of nitrogens with one attached hydrogen (secondary N) is 1. The summed E-state index contributed by atoms with van der Waals surface area (Å²) in [7, 11) is 0. The van der Waals surface area contributed by atoms with Crippen LogP contribution in [0, 0.1) is 0 Å². The molecule has 5 nitrogen and oxygen atoms in total. The van der Waals surface area contributed by atoms with Crippen molar-refractivity contribution in [2.75, 3.05) is 11.1 Å². The normalized spacial score (nSPS) is 15.0. The smallest absolute Gasteiger partial charge is 0.268 e. The minimum absolute atomic E-state index is 0.0127. The van der Waals surface area contributed by atoms with Gasteiger partial charge in [-0.3, -0.25) is 14.2 Å². The van der Waals surface area contributed by atoms with Crippen LogP contribution in [0.4, 0.5) is 5.69 Å². The maximum Gasteiger partial charge on any atom is 0.268 e. The number of fused-ring (bicyclic) bond motifs is 1. The minimum atomic E-state index is -0.113. The fraction of sp³-hybridized carbons (Fsp3) is 0.292. The number of hydrogen-bond donors (Lipinski definition) is 1. The Balaban J connectivity index is 1.53. The van der Waals surface area contributed by atoms with E-state index in [1.165, 1.54) is 17.3 Å². The summed E-state index contributed by atoms with van der Waals surface area (Å²) in [4.78, 5) is 31.3. The van der Waals surface area contributed by atoms with Gasteiger partial charge in [0.25, 0.3) is 5.56 Å². The second kappa shape index (κ2) is 9.75. The number of amides is 1. The lowest BCUT2D eigenvalue weighted by Gasteiger charge is -2.14. The molecule has 2 heterocycles. The molecule has 0 spiro atoms. The van der Waals surface area contributed by atoms with Crippen molar-refractivity contribution in [3.8, 4) is 0 Å². The number of aromatic nitrogens is 2. The van der Waals surface area contributed by atoms with Gasteiger partial charge in [0.15, 0.2) is 5.16 Å². The fourth-order valence-corrected chi connectivity index (χ4v) is 5.43. The molecule has 1 aliphatic heterocycles. The second-order valence-electron chi connectivity index (χ2n) is 7.57. The van der Waals surface area contributed by atoms with Gasteiger partial charge in [-0.15, -0.1) is 11.8 Å². The van der Waals surface area contributed by atoms with Gasteiger partial charge in [0.05, 0.1) is 22.9 Å². The molecule has 1 amide bonds. The molecule has 0 saturated carbocycles. The number of benzene rings is 2. The molecule has 0 saturated heterocycles. The predicted molar refractivity (Wildman–Crippen MR) is 128 cm³/mol. The van der Waals surface area contributed by atoms with E-state index in [0.29, 0.717) is 17.0 Å². The van der Waals surface area contributed by atoms with E-state index in [1.807, 2.05) is 54.6 Å². The molecule has 1 N–H and O–H groups in total. The van der Waals surface area contributed by atoms with Crippen LogP contribution in [-0.4, -0.2) is 26.5 Å². The van der Waals surface area contributed by atoms with Gasteiger partial charge in [-0.05, 0) is 29.7 Å². The van der Waals surface area contributed by atoms with Gasteiger partial charge >= 0.3 is 0 Å². The predicted octanol–water partition coefficient (Wildman–Crippen LogP) is 4.62. The molecule has 4 rings (SSSR count). The lowest BCUT2D eigenvalue weighted by molar-refractivity contribution is -0.113. The van der Waals surface area contributed by atoms with E-state index < -0.39 is 0 Å². The van der Waals surface area contributed by atoms with E-state index in [4.69, 9.17) is 4.98 Å². The third-order valence-corrected chi connectivity index (χ3v) is 7.32. The first kappa shape index (κ1) is 21.7. The van der Waals surface area contributed by atoms with Crippen molar-refractivity contribution in [3.63, 3.8) is 0 Å². The van der Waals surface area contributed by atoms with Crippen molar-refractivity contribution >= 4 is 35.1 Å². The third kappa shape index (κ3) is 5.22. The van der Waals surface area contributed by atoms with Gasteiger partial charge in [-0.1, -0.05) is 68.1 Å². The Bertz CT molecular complexity index is 1130. The number of carbonyl (C=O) groups is 1. The Morgan fingerprint density at radius 1 is 1.16 bits per heavy atom. The quantitative estimate of drug-likeness (QED) is 0.419. The third-order valence-electron chi connectivity index (χ3n) is 5.12. The molecule has 1 atom stereocenters. The lowest BCUT2D eigenvalue weighted by atomic mass is 10.1. The number of rotatable bonds is 7. The molecule has 0 radical (unpaired) electrons. The average Bonchev–Trinajstić information content (AvgIpc) is 3.16. The number of thioether (sulfide) groups is 2. The highest BCUT2D eigenvalue weighted by atomic mass is 32.2. The molecule has 0 unspecified atom stereocenters. The van der Waals surface area contributed by atoms with Crippen LogP contribution in [0.25, 0.3) is 0 Å². The SMILES string of the molecule is CCc1ccc(NC(=O)CSc2nc3c(c(=O)n2Cc2ccccc2)S[C@@H](C)C3)cc1. The first-order valence-corrected chi connectivity index (χ1v) is 12.3. The maximum atomic E-state index is 13.2. The highest BCUT2D eigenvalue weighted by Crippen LogP contribution is 2.34. The highest BCUT2D eigenvalue weighted by Gasteiger charge is 2.26. The Kier molecular flexibility index (Phi) is 6.83. The van der Waals surface area contributed by atoms with E-state index in [-0.39, 0.29) is 17.2 Å². The molecule has 2 aromatic carbocycles. The molecule has 0 fully saturated rings. The molecular weight excluding hydrogens is 426 g/mol. The molecule has 160 valence electrons. The largest absolute Gasteiger partial charge is 0.325 e.